The highest BCUT2D eigenvalue weighted by Gasteiger charge is 2.17. The van der Waals surface area contributed by atoms with Gasteiger partial charge in [-0.05, 0) is 49.7 Å². The first-order valence-corrected chi connectivity index (χ1v) is 10.9. The van der Waals surface area contributed by atoms with E-state index in [9.17, 15) is 14.0 Å². The van der Waals surface area contributed by atoms with Crippen LogP contribution in [-0.4, -0.2) is 25.7 Å². The van der Waals surface area contributed by atoms with Crippen LogP contribution in [0.25, 0.3) is 10.9 Å². The molecule has 2 aromatic heterocycles. The van der Waals surface area contributed by atoms with Crippen molar-refractivity contribution in [1.29, 1.82) is 0 Å². The van der Waals surface area contributed by atoms with Crippen molar-refractivity contribution in [3.05, 3.63) is 93.3 Å². The molecule has 0 aliphatic rings. The van der Waals surface area contributed by atoms with Crippen LogP contribution in [0, 0.1) is 19.7 Å². The van der Waals surface area contributed by atoms with Gasteiger partial charge in [-0.1, -0.05) is 36.0 Å². The van der Waals surface area contributed by atoms with Crippen LogP contribution in [0.4, 0.5) is 4.39 Å². The van der Waals surface area contributed by atoms with E-state index in [4.69, 9.17) is 0 Å². The van der Waals surface area contributed by atoms with E-state index in [1.807, 2.05) is 37.6 Å². The fourth-order valence-electron chi connectivity index (χ4n) is 3.52. The van der Waals surface area contributed by atoms with Crippen molar-refractivity contribution in [1.82, 2.24) is 14.1 Å². The van der Waals surface area contributed by atoms with Crippen molar-refractivity contribution in [3.63, 3.8) is 0 Å². The minimum atomic E-state index is -0.332. The minimum absolute atomic E-state index is 0.0121. The molecule has 2 aromatic carbocycles. The van der Waals surface area contributed by atoms with Crippen LogP contribution in [0.1, 0.15) is 27.3 Å². The number of aryl methyl sites for hydroxylation is 1. The number of nitrogens with zero attached hydrogens (tertiary/aromatic N) is 3. The molecule has 0 atom stereocenters. The average molecular weight is 436 g/mol. The third-order valence-corrected chi connectivity index (χ3v) is 6.46. The summed E-state index contributed by atoms with van der Waals surface area (Å²) >= 11 is 1.24. The summed E-state index contributed by atoms with van der Waals surface area (Å²) in [4.78, 5) is 30.7. The second-order valence-electron chi connectivity index (χ2n) is 7.48. The highest BCUT2D eigenvalue weighted by molar-refractivity contribution is 7.99. The van der Waals surface area contributed by atoms with Crippen LogP contribution in [0.3, 0.4) is 0 Å². The number of ketones is 1. The van der Waals surface area contributed by atoms with Gasteiger partial charge >= 0.3 is 0 Å². The summed E-state index contributed by atoms with van der Waals surface area (Å²) in [5.41, 5.74) is 3.80. The molecule has 31 heavy (non-hydrogen) atoms. The van der Waals surface area contributed by atoms with Gasteiger partial charge < -0.3 is 4.57 Å². The van der Waals surface area contributed by atoms with Crippen molar-refractivity contribution in [2.75, 3.05) is 5.75 Å². The lowest BCUT2D eigenvalue weighted by atomic mass is 10.2. The molecule has 0 bridgehead atoms. The predicted octanol–water partition coefficient (Wildman–Crippen LogP) is 4.51. The van der Waals surface area contributed by atoms with E-state index < -0.39 is 0 Å². The third-order valence-electron chi connectivity index (χ3n) is 5.49. The fourth-order valence-corrected chi connectivity index (χ4v) is 4.40. The molecule has 0 fully saturated rings. The van der Waals surface area contributed by atoms with Gasteiger partial charge in [-0.25, -0.2) is 9.37 Å². The SMILES string of the molecule is Cc1cc(C(=O)CSc2nc3ccccc3c(=O)n2Cc2ccc(F)cc2)c(C)n1C. The number of para-hydroxylation sites is 1. The number of carbonyl (C=O) groups excluding carboxylic acids is 1. The normalized spacial score (nSPS) is 11.2. The van der Waals surface area contributed by atoms with Crippen LogP contribution < -0.4 is 5.56 Å². The standard InChI is InChI=1S/C24H22FN3O2S/c1-15-12-20(16(2)27(15)3)22(29)14-31-24-26-21-7-5-4-6-19(21)23(30)28(24)13-17-8-10-18(25)11-9-17/h4-12H,13-14H2,1-3H3. The Bertz CT molecular complexity index is 1340. The summed E-state index contributed by atoms with van der Waals surface area (Å²) in [7, 11) is 1.93. The first kappa shape index (κ1) is 21.1. The quantitative estimate of drug-likeness (QED) is 0.254. The predicted molar refractivity (Wildman–Crippen MR) is 121 cm³/mol. The van der Waals surface area contributed by atoms with Gasteiger partial charge in [0.2, 0.25) is 0 Å². The summed E-state index contributed by atoms with van der Waals surface area (Å²) in [6.07, 6.45) is 0. The zero-order valence-corrected chi connectivity index (χ0v) is 18.4. The number of benzene rings is 2. The molecule has 4 aromatic rings. The van der Waals surface area contributed by atoms with Gasteiger partial charge in [-0.3, -0.25) is 14.2 Å². The minimum Gasteiger partial charge on any atom is -0.351 e. The van der Waals surface area contributed by atoms with Crippen molar-refractivity contribution < 1.29 is 9.18 Å². The van der Waals surface area contributed by atoms with Gasteiger partial charge in [-0.15, -0.1) is 0 Å². The Balaban J connectivity index is 1.69. The van der Waals surface area contributed by atoms with Gasteiger partial charge in [0.05, 0.1) is 23.2 Å². The number of hydrogen-bond acceptors (Lipinski definition) is 4. The third kappa shape index (κ3) is 4.18. The first-order valence-electron chi connectivity index (χ1n) is 9.88. The van der Waals surface area contributed by atoms with Crippen LogP contribution >= 0.6 is 11.8 Å². The Hall–Kier alpha value is -3.19. The molecule has 158 valence electrons. The van der Waals surface area contributed by atoms with E-state index >= 15 is 0 Å². The number of hydrogen-bond donors (Lipinski definition) is 0. The summed E-state index contributed by atoms with van der Waals surface area (Å²) < 4.78 is 16.8. The highest BCUT2D eigenvalue weighted by atomic mass is 32.2. The molecule has 2 heterocycles. The van der Waals surface area contributed by atoms with Crippen molar-refractivity contribution in [2.45, 2.75) is 25.5 Å². The van der Waals surface area contributed by atoms with Gasteiger partial charge in [0.1, 0.15) is 5.82 Å². The molecule has 0 saturated carbocycles. The number of thioether (sulfide) groups is 1. The van der Waals surface area contributed by atoms with Crippen LogP contribution in [-0.2, 0) is 13.6 Å². The number of halogens is 1. The van der Waals surface area contributed by atoms with Crippen LogP contribution in [0.15, 0.2) is 64.5 Å². The second-order valence-corrected chi connectivity index (χ2v) is 8.43. The maximum atomic E-state index is 13.3. The second kappa shape index (κ2) is 8.51. The number of rotatable bonds is 6. The molecule has 0 radical (unpaired) electrons. The molecular formula is C24H22FN3O2S. The first-order chi connectivity index (χ1) is 14.8. The number of fused-ring (bicyclic) bond motifs is 1. The van der Waals surface area contributed by atoms with Gasteiger partial charge in [0, 0.05) is 24.0 Å². The maximum absolute atomic E-state index is 13.3. The highest BCUT2D eigenvalue weighted by Crippen LogP contribution is 2.22. The topological polar surface area (TPSA) is 56.9 Å². The molecular weight excluding hydrogens is 413 g/mol. The van der Waals surface area contributed by atoms with Crippen molar-refractivity contribution in [2.24, 2.45) is 7.05 Å². The lowest BCUT2D eigenvalue weighted by molar-refractivity contribution is 0.102. The van der Waals surface area contributed by atoms with Crippen molar-refractivity contribution >= 4 is 28.4 Å². The van der Waals surface area contributed by atoms with E-state index in [2.05, 4.69) is 4.98 Å². The lowest BCUT2D eigenvalue weighted by Crippen LogP contribution is -2.24. The van der Waals surface area contributed by atoms with E-state index in [-0.39, 0.29) is 29.5 Å². The Labute approximate surface area is 183 Å². The lowest BCUT2D eigenvalue weighted by Gasteiger charge is -2.13. The molecule has 0 aliphatic heterocycles. The molecule has 0 saturated heterocycles. The van der Waals surface area contributed by atoms with E-state index in [1.54, 1.807) is 34.9 Å². The van der Waals surface area contributed by atoms with E-state index in [0.717, 1.165) is 17.0 Å². The molecule has 0 aliphatic carbocycles. The van der Waals surface area contributed by atoms with E-state index in [0.29, 0.717) is 21.6 Å². The number of aromatic nitrogens is 3. The summed E-state index contributed by atoms with van der Waals surface area (Å²) in [6, 6.07) is 15.1. The maximum Gasteiger partial charge on any atom is 0.262 e. The average Bonchev–Trinajstić information content (AvgIpc) is 3.03. The van der Waals surface area contributed by atoms with Gasteiger partial charge in [-0.2, -0.15) is 0 Å². The molecule has 7 heteroatoms. The van der Waals surface area contributed by atoms with E-state index in [1.165, 1.54) is 23.9 Å². The zero-order chi connectivity index (χ0) is 22.1. The van der Waals surface area contributed by atoms with Crippen LogP contribution in [0.2, 0.25) is 0 Å². The molecule has 0 N–H and O–H groups in total. The Kier molecular flexibility index (Phi) is 5.78. The Morgan fingerprint density at radius 2 is 1.81 bits per heavy atom. The molecule has 0 unspecified atom stereocenters. The summed E-state index contributed by atoms with van der Waals surface area (Å²) in [6.45, 7) is 4.13. The van der Waals surface area contributed by atoms with Crippen LogP contribution in [0.5, 0.6) is 0 Å². The molecule has 0 spiro atoms. The summed E-state index contributed by atoms with van der Waals surface area (Å²) in [5, 5.41) is 0.974. The smallest absolute Gasteiger partial charge is 0.262 e. The number of Topliss-reactive ketones (excluding diaryl/α,β-unsaturated/α-hetero) is 1. The number of carbonyl (C=O) groups is 1. The molecule has 5 nitrogen and oxygen atoms in total. The van der Waals surface area contributed by atoms with Gasteiger partial charge in [0.25, 0.3) is 5.56 Å². The Morgan fingerprint density at radius 3 is 2.48 bits per heavy atom. The molecule has 4 rings (SSSR count). The Morgan fingerprint density at radius 1 is 1.10 bits per heavy atom. The monoisotopic (exact) mass is 435 g/mol. The van der Waals surface area contributed by atoms with Crippen molar-refractivity contribution in [3.8, 4) is 0 Å². The zero-order valence-electron chi connectivity index (χ0n) is 17.6. The van der Waals surface area contributed by atoms with Gasteiger partial charge in [0.15, 0.2) is 10.9 Å². The fraction of sp³-hybridized carbons (Fsp3) is 0.208. The largest absolute Gasteiger partial charge is 0.351 e. The summed E-state index contributed by atoms with van der Waals surface area (Å²) in [5.74, 6) is -0.179. The molecule has 0 amide bonds.